The molecule has 1 aromatic carbocycles. The Hall–Kier alpha value is -0.650. The van der Waals surface area contributed by atoms with Crippen molar-refractivity contribution >= 4 is 11.8 Å². The number of hydrogen-bond acceptors (Lipinski definition) is 3. The van der Waals surface area contributed by atoms with Gasteiger partial charge in [-0.05, 0) is 25.1 Å². The second kappa shape index (κ2) is 8.44. The van der Waals surface area contributed by atoms with Crippen LogP contribution in [0.25, 0.3) is 0 Å². The van der Waals surface area contributed by atoms with Gasteiger partial charge in [0, 0.05) is 37.0 Å². The largest absolute Gasteiger partial charge is 0.385 e. The number of nitrogens with one attached hydrogen (secondary N) is 1. The van der Waals surface area contributed by atoms with Crippen LogP contribution in [0.3, 0.4) is 0 Å². The van der Waals surface area contributed by atoms with E-state index in [0.717, 1.165) is 37.9 Å². The van der Waals surface area contributed by atoms with E-state index in [2.05, 4.69) is 5.32 Å². The number of thioether (sulfide) groups is 1. The van der Waals surface area contributed by atoms with Crippen LogP contribution in [0.5, 0.6) is 0 Å². The molecule has 0 unspecified atom stereocenters. The van der Waals surface area contributed by atoms with E-state index >= 15 is 0 Å². The SMILES string of the molecule is COCCCNCCSc1ccc(F)cc1F. The average Bonchev–Trinajstić information content (AvgIpc) is 2.30. The van der Waals surface area contributed by atoms with Crippen molar-refractivity contribution in [1.82, 2.24) is 5.32 Å². The third-order valence-electron chi connectivity index (χ3n) is 2.13. The molecule has 96 valence electrons. The van der Waals surface area contributed by atoms with Crippen molar-refractivity contribution in [3.8, 4) is 0 Å². The molecule has 17 heavy (non-hydrogen) atoms. The molecule has 0 saturated carbocycles. The summed E-state index contributed by atoms with van der Waals surface area (Å²) in [5.74, 6) is -0.269. The van der Waals surface area contributed by atoms with E-state index in [9.17, 15) is 8.78 Å². The molecule has 0 spiro atoms. The minimum atomic E-state index is -0.537. The van der Waals surface area contributed by atoms with Crippen LogP contribution >= 0.6 is 11.8 Å². The van der Waals surface area contributed by atoms with Gasteiger partial charge in [-0.25, -0.2) is 8.78 Å². The summed E-state index contributed by atoms with van der Waals surface area (Å²) in [5.41, 5.74) is 0. The highest BCUT2D eigenvalue weighted by Crippen LogP contribution is 2.21. The van der Waals surface area contributed by atoms with E-state index < -0.39 is 11.6 Å². The number of halogens is 2. The smallest absolute Gasteiger partial charge is 0.139 e. The van der Waals surface area contributed by atoms with Gasteiger partial charge in [0.1, 0.15) is 11.6 Å². The molecule has 0 atom stereocenters. The molecule has 0 radical (unpaired) electrons. The summed E-state index contributed by atoms with van der Waals surface area (Å²) >= 11 is 1.38. The van der Waals surface area contributed by atoms with E-state index in [4.69, 9.17) is 4.74 Å². The van der Waals surface area contributed by atoms with Crippen molar-refractivity contribution in [2.24, 2.45) is 0 Å². The lowest BCUT2D eigenvalue weighted by Crippen LogP contribution is -2.19. The van der Waals surface area contributed by atoms with Gasteiger partial charge < -0.3 is 10.1 Å². The standard InChI is InChI=1S/C12H17F2NOS/c1-16-7-2-5-15-6-8-17-12-4-3-10(13)9-11(12)14/h3-4,9,15H,2,5-8H2,1H3. The number of ether oxygens (including phenoxy) is 1. The summed E-state index contributed by atoms with van der Waals surface area (Å²) in [6, 6.07) is 3.66. The lowest BCUT2D eigenvalue weighted by Gasteiger charge is -2.05. The zero-order chi connectivity index (χ0) is 12.5. The van der Waals surface area contributed by atoms with Crippen LogP contribution in [-0.2, 0) is 4.74 Å². The third-order valence-corrected chi connectivity index (χ3v) is 3.18. The van der Waals surface area contributed by atoms with Gasteiger partial charge in [0.05, 0.1) is 0 Å². The zero-order valence-electron chi connectivity index (χ0n) is 9.84. The van der Waals surface area contributed by atoms with Crippen molar-refractivity contribution < 1.29 is 13.5 Å². The van der Waals surface area contributed by atoms with Crippen LogP contribution < -0.4 is 5.32 Å². The van der Waals surface area contributed by atoms with Crippen LogP contribution in [0.4, 0.5) is 8.78 Å². The molecule has 1 aromatic rings. The molecule has 0 aliphatic rings. The van der Waals surface area contributed by atoms with Crippen molar-refractivity contribution in [2.75, 3.05) is 32.6 Å². The molecular formula is C12H17F2NOS. The summed E-state index contributed by atoms with van der Waals surface area (Å²) in [4.78, 5) is 0.491. The summed E-state index contributed by atoms with van der Waals surface area (Å²) < 4.78 is 30.8. The maximum Gasteiger partial charge on any atom is 0.139 e. The Balaban J connectivity index is 2.14. The van der Waals surface area contributed by atoms with Crippen molar-refractivity contribution in [3.05, 3.63) is 29.8 Å². The Kier molecular flexibility index (Phi) is 7.16. The molecule has 0 aromatic heterocycles. The monoisotopic (exact) mass is 261 g/mol. The molecule has 0 saturated heterocycles. The number of methoxy groups -OCH3 is 1. The predicted octanol–water partition coefficient (Wildman–Crippen LogP) is 2.68. The van der Waals surface area contributed by atoms with Crippen LogP contribution in [0.15, 0.2) is 23.1 Å². The quantitative estimate of drug-likeness (QED) is 0.574. The van der Waals surface area contributed by atoms with Gasteiger partial charge in [-0.3, -0.25) is 0 Å². The van der Waals surface area contributed by atoms with Gasteiger partial charge in [-0.1, -0.05) is 0 Å². The van der Waals surface area contributed by atoms with E-state index in [0.29, 0.717) is 4.90 Å². The summed E-state index contributed by atoms with van der Waals surface area (Å²) in [7, 11) is 1.67. The van der Waals surface area contributed by atoms with Crippen molar-refractivity contribution in [2.45, 2.75) is 11.3 Å². The Morgan fingerprint density at radius 2 is 2.12 bits per heavy atom. The predicted molar refractivity (Wildman–Crippen MR) is 66.4 cm³/mol. The lowest BCUT2D eigenvalue weighted by atomic mass is 10.3. The Labute approximate surface area is 105 Å². The van der Waals surface area contributed by atoms with Gasteiger partial charge in [0.2, 0.25) is 0 Å². The first-order valence-electron chi connectivity index (χ1n) is 5.51. The van der Waals surface area contributed by atoms with E-state index in [-0.39, 0.29) is 0 Å². The Morgan fingerprint density at radius 1 is 1.29 bits per heavy atom. The van der Waals surface area contributed by atoms with Gasteiger partial charge in [-0.2, -0.15) is 0 Å². The van der Waals surface area contributed by atoms with Crippen LogP contribution in [-0.4, -0.2) is 32.6 Å². The Bertz CT molecular complexity index is 336. The minimum Gasteiger partial charge on any atom is -0.385 e. The van der Waals surface area contributed by atoms with Gasteiger partial charge in [0.15, 0.2) is 0 Å². The van der Waals surface area contributed by atoms with Crippen LogP contribution in [0, 0.1) is 11.6 Å². The van der Waals surface area contributed by atoms with Crippen molar-refractivity contribution in [3.63, 3.8) is 0 Å². The fraction of sp³-hybridized carbons (Fsp3) is 0.500. The molecule has 0 aliphatic carbocycles. The molecule has 0 fully saturated rings. The molecule has 0 aliphatic heterocycles. The van der Waals surface area contributed by atoms with Gasteiger partial charge >= 0.3 is 0 Å². The maximum atomic E-state index is 13.2. The van der Waals surface area contributed by atoms with E-state index in [1.54, 1.807) is 7.11 Å². The first-order valence-corrected chi connectivity index (χ1v) is 6.50. The first-order chi connectivity index (χ1) is 8.24. The molecule has 2 nitrogen and oxygen atoms in total. The van der Waals surface area contributed by atoms with Crippen molar-refractivity contribution in [1.29, 1.82) is 0 Å². The van der Waals surface area contributed by atoms with E-state index in [1.165, 1.54) is 23.9 Å². The second-order valence-electron chi connectivity index (χ2n) is 3.52. The number of hydrogen-bond donors (Lipinski definition) is 1. The average molecular weight is 261 g/mol. The minimum absolute atomic E-state index is 0.491. The molecule has 0 bridgehead atoms. The Morgan fingerprint density at radius 3 is 2.82 bits per heavy atom. The fourth-order valence-corrected chi connectivity index (χ4v) is 2.12. The lowest BCUT2D eigenvalue weighted by molar-refractivity contribution is 0.194. The van der Waals surface area contributed by atoms with Gasteiger partial charge in [-0.15, -0.1) is 11.8 Å². The molecular weight excluding hydrogens is 244 g/mol. The second-order valence-corrected chi connectivity index (χ2v) is 4.66. The highest BCUT2D eigenvalue weighted by Gasteiger charge is 2.03. The molecule has 0 amide bonds. The highest BCUT2D eigenvalue weighted by atomic mass is 32.2. The molecule has 1 N–H and O–H groups in total. The van der Waals surface area contributed by atoms with E-state index in [1.807, 2.05) is 0 Å². The van der Waals surface area contributed by atoms with Gasteiger partial charge in [0.25, 0.3) is 0 Å². The summed E-state index contributed by atoms with van der Waals surface area (Å²) in [5, 5.41) is 3.22. The highest BCUT2D eigenvalue weighted by molar-refractivity contribution is 7.99. The third kappa shape index (κ3) is 6.00. The number of rotatable bonds is 8. The normalized spacial score (nSPS) is 10.8. The maximum absolute atomic E-state index is 13.2. The first kappa shape index (κ1) is 14.4. The topological polar surface area (TPSA) is 21.3 Å². The molecule has 5 heteroatoms. The summed E-state index contributed by atoms with van der Waals surface area (Å²) in [6.45, 7) is 2.43. The zero-order valence-corrected chi connectivity index (χ0v) is 10.7. The fourth-order valence-electron chi connectivity index (χ4n) is 1.29. The molecule has 1 rings (SSSR count). The summed E-state index contributed by atoms with van der Waals surface area (Å²) in [6.07, 6.45) is 0.964. The molecule has 0 heterocycles. The number of benzene rings is 1. The van der Waals surface area contributed by atoms with Crippen LogP contribution in [0.2, 0.25) is 0 Å². The van der Waals surface area contributed by atoms with Crippen LogP contribution in [0.1, 0.15) is 6.42 Å².